The molecule has 3 heteroatoms. The van der Waals surface area contributed by atoms with E-state index in [1.165, 1.54) is 11.1 Å². The lowest BCUT2D eigenvalue weighted by Crippen LogP contribution is -2.40. The Labute approximate surface area is 131 Å². The Morgan fingerprint density at radius 1 is 1.00 bits per heavy atom. The summed E-state index contributed by atoms with van der Waals surface area (Å²) in [4.78, 5) is 14.1. The molecule has 0 spiro atoms. The van der Waals surface area contributed by atoms with E-state index in [9.17, 15) is 4.79 Å². The van der Waals surface area contributed by atoms with E-state index in [1.807, 2.05) is 36.4 Å². The summed E-state index contributed by atoms with van der Waals surface area (Å²) >= 11 is 0. The fraction of sp³-hybridized carbons (Fsp3) is 0.211. The van der Waals surface area contributed by atoms with Crippen molar-refractivity contribution in [1.82, 2.24) is 4.90 Å². The van der Waals surface area contributed by atoms with Crippen LogP contribution < -0.4 is 5.73 Å². The number of hydrogen-bond donors (Lipinski definition) is 1. The lowest BCUT2D eigenvalue weighted by molar-refractivity contribution is -0.123. The van der Waals surface area contributed by atoms with Crippen molar-refractivity contribution < 1.29 is 4.79 Å². The van der Waals surface area contributed by atoms with Crippen molar-refractivity contribution in [2.45, 2.75) is 12.5 Å². The molecule has 1 aliphatic heterocycles. The molecule has 0 radical (unpaired) electrons. The largest absolute Gasteiger partial charge is 0.368 e. The fourth-order valence-corrected chi connectivity index (χ4v) is 3.02. The van der Waals surface area contributed by atoms with Gasteiger partial charge in [-0.15, -0.1) is 0 Å². The molecule has 3 rings (SSSR count). The van der Waals surface area contributed by atoms with Crippen molar-refractivity contribution in [2.24, 2.45) is 5.73 Å². The van der Waals surface area contributed by atoms with Crippen LogP contribution in [-0.2, 0) is 4.79 Å². The van der Waals surface area contributed by atoms with Gasteiger partial charge in [0.1, 0.15) is 6.04 Å². The molecule has 0 aromatic heterocycles. The number of hydrogen-bond acceptors (Lipinski definition) is 2. The lowest BCUT2D eigenvalue weighted by atomic mass is 9.97. The zero-order valence-electron chi connectivity index (χ0n) is 12.5. The molecular weight excluding hydrogens is 272 g/mol. The highest BCUT2D eigenvalue weighted by Crippen LogP contribution is 2.28. The standard InChI is InChI=1S/C19H20N2O/c20-19(22)18(17-9-5-2-6-10-17)21-13-11-16(12-14-21)15-7-3-1-4-8-15/h1-11,18H,12-14H2,(H2,20,22). The van der Waals surface area contributed by atoms with Crippen LogP contribution in [0.1, 0.15) is 23.6 Å². The van der Waals surface area contributed by atoms with E-state index in [2.05, 4.69) is 35.2 Å². The van der Waals surface area contributed by atoms with E-state index in [-0.39, 0.29) is 11.9 Å². The summed E-state index contributed by atoms with van der Waals surface area (Å²) in [6.07, 6.45) is 3.14. The third kappa shape index (κ3) is 3.10. The molecule has 2 aromatic rings. The third-order valence-corrected chi connectivity index (χ3v) is 4.14. The van der Waals surface area contributed by atoms with Gasteiger partial charge in [0.2, 0.25) is 5.91 Å². The minimum Gasteiger partial charge on any atom is -0.368 e. The van der Waals surface area contributed by atoms with Crippen molar-refractivity contribution in [3.8, 4) is 0 Å². The zero-order chi connectivity index (χ0) is 15.4. The van der Waals surface area contributed by atoms with Gasteiger partial charge >= 0.3 is 0 Å². The molecule has 22 heavy (non-hydrogen) atoms. The molecule has 0 saturated carbocycles. The van der Waals surface area contributed by atoms with Gasteiger partial charge in [0.25, 0.3) is 0 Å². The Bertz CT molecular complexity index is 664. The van der Waals surface area contributed by atoms with Crippen molar-refractivity contribution >= 4 is 11.5 Å². The predicted molar refractivity (Wildman–Crippen MR) is 89.0 cm³/mol. The molecule has 0 bridgehead atoms. The first-order chi connectivity index (χ1) is 10.8. The van der Waals surface area contributed by atoms with E-state index < -0.39 is 0 Å². The second-order valence-corrected chi connectivity index (χ2v) is 5.56. The molecule has 0 aliphatic carbocycles. The molecule has 1 aliphatic rings. The minimum absolute atomic E-state index is 0.289. The summed E-state index contributed by atoms with van der Waals surface area (Å²) in [7, 11) is 0. The van der Waals surface area contributed by atoms with Crippen LogP contribution in [0.2, 0.25) is 0 Å². The van der Waals surface area contributed by atoms with Gasteiger partial charge in [-0.3, -0.25) is 9.69 Å². The number of nitrogens with two attached hydrogens (primary N) is 1. The van der Waals surface area contributed by atoms with Crippen LogP contribution in [0, 0.1) is 0 Å². The molecule has 1 atom stereocenters. The topological polar surface area (TPSA) is 46.3 Å². The normalized spacial score (nSPS) is 16.8. The molecule has 1 heterocycles. The first-order valence-electron chi connectivity index (χ1n) is 7.58. The summed E-state index contributed by atoms with van der Waals surface area (Å²) in [5.41, 5.74) is 9.21. The highest BCUT2D eigenvalue weighted by molar-refractivity contribution is 5.81. The molecule has 112 valence electrons. The number of amides is 1. The summed E-state index contributed by atoms with van der Waals surface area (Å²) in [5, 5.41) is 0. The Morgan fingerprint density at radius 2 is 1.64 bits per heavy atom. The molecule has 3 nitrogen and oxygen atoms in total. The van der Waals surface area contributed by atoms with Gasteiger partial charge in [0.05, 0.1) is 0 Å². The average molecular weight is 292 g/mol. The first kappa shape index (κ1) is 14.5. The number of primary amides is 1. The Morgan fingerprint density at radius 3 is 2.18 bits per heavy atom. The van der Waals surface area contributed by atoms with Crippen LogP contribution in [0.5, 0.6) is 0 Å². The van der Waals surface area contributed by atoms with E-state index in [4.69, 9.17) is 5.73 Å². The maximum atomic E-state index is 11.9. The van der Waals surface area contributed by atoms with E-state index >= 15 is 0 Å². The monoisotopic (exact) mass is 292 g/mol. The van der Waals surface area contributed by atoms with Crippen molar-refractivity contribution in [1.29, 1.82) is 0 Å². The number of nitrogens with zero attached hydrogens (tertiary/aromatic N) is 1. The van der Waals surface area contributed by atoms with Crippen molar-refractivity contribution in [3.63, 3.8) is 0 Å². The quantitative estimate of drug-likeness (QED) is 0.941. The van der Waals surface area contributed by atoms with E-state index in [1.54, 1.807) is 0 Å². The van der Waals surface area contributed by atoms with Crippen LogP contribution in [0.3, 0.4) is 0 Å². The van der Waals surface area contributed by atoms with Crippen LogP contribution in [0.25, 0.3) is 5.57 Å². The van der Waals surface area contributed by atoms with Gasteiger partial charge in [-0.1, -0.05) is 66.7 Å². The summed E-state index contributed by atoms with van der Waals surface area (Å²) in [5.74, 6) is -0.289. The summed E-state index contributed by atoms with van der Waals surface area (Å²) in [6, 6.07) is 19.8. The van der Waals surface area contributed by atoms with Gasteiger partial charge in [-0.25, -0.2) is 0 Å². The fourth-order valence-electron chi connectivity index (χ4n) is 3.02. The second-order valence-electron chi connectivity index (χ2n) is 5.56. The van der Waals surface area contributed by atoms with Gasteiger partial charge in [0, 0.05) is 13.1 Å². The second kappa shape index (κ2) is 6.58. The Balaban J connectivity index is 1.79. The SMILES string of the molecule is NC(=O)C(c1ccccc1)N1CC=C(c2ccccc2)CC1. The highest BCUT2D eigenvalue weighted by Gasteiger charge is 2.26. The molecule has 1 amide bonds. The van der Waals surface area contributed by atoms with Gasteiger partial charge in [-0.05, 0) is 23.1 Å². The van der Waals surface area contributed by atoms with Crippen LogP contribution in [0.15, 0.2) is 66.7 Å². The molecule has 0 saturated heterocycles. The summed E-state index contributed by atoms with van der Waals surface area (Å²) in [6.45, 7) is 1.58. The third-order valence-electron chi connectivity index (χ3n) is 4.14. The highest BCUT2D eigenvalue weighted by atomic mass is 16.1. The molecule has 1 unspecified atom stereocenters. The van der Waals surface area contributed by atoms with Gasteiger partial charge in [-0.2, -0.15) is 0 Å². The number of carbonyl (C=O) groups is 1. The van der Waals surface area contributed by atoms with Crippen LogP contribution in [-0.4, -0.2) is 23.9 Å². The van der Waals surface area contributed by atoms with Gasteiger partial charge in [0.15, 0.2) is 0 Å². The van der Waals surface area contributed by atoms with Crippen molar-refractivity contribution in [2.75, 3.05) is 13.1 Å². The number of carbonyl (C=O) groups excluding carboxylic acids is 1. The summed E-state index contributed by atoms with van der Waals surface area (Å²) < 4.78 is 0. The van der Waals surface area contributed by atoms with Gasteiger partial charge < -0.3 is 5.73 Å². The van der Waals surface area contributed by atoms with E-state index in [0.717, 1.165) is 25.1 Å². The van der Waals surface area contributed by atoms with Crippen LogP contribution >= 0.6 is 0 Å². The minimum atomic E-state index is -0.352. The zero-order valence-corrected chi connectivity index (χ0v) is 12.5. The molecule has 2 N–H and O–H groups in total. The van der Waals surface area contributed by atoms with Crippen molar-refractivity contribution in [3.05, 3.63) is 77.9 Å². The predicted octanol–water partition coefficient (Wildman–Crippen LogP) is 3.00. The number of benzene rings is 2. The molecular formula is C19H20N2O. The molecule has 0 fully saturated rings. The maximum Gasteiger partial charge on any atom is 0.239 e. The van der Waals surface area contributed by atoms with E-state index in [0.29, 0.717) is 0 Å². The Hall–Kier alpha value is -2.39. The number of rotatable bonds is 4. The maximum absolute atomic E-state index is 11.9. The smallest absolute Gasteiger partial charge is 0.239 e. The van der Waals surface area contributed by atoms with Crippen LogP contribution in [0.4, 0.5) is 0 Å². The first-order valence-corrected chi connectivity index (χ1v) is 7.58. The average Bonchev–Trinajstić information content (AvgIpc) is 2.57. The lowest BCUT2D eigenvalue weighted by Gasteiger charge is -2.32. The Kier molecular flexibility index (Phi) is 4.35. The molecule has 2 aromatic carbocycles.